The lowest BCUT2D eigenvalue weighted by molar-refractivity contribution is 0.109. The Morgan fingerprint density at radius 3 is 2.58 bits per heavy atom. The number of amides is 2. The molecule has 3 rings (SSSR count). The molecule has 2 fully saturated rings. The number of aryl methyl sites for hydroxylation is 1. The van der Waals surface area contributed by atoms with Crippen molar-refractivity contribution in [3.8, 4) is 5.75 Å². The average Bonchev–Trinajstić information content (AvgIpc) is 3.15. The first-order chi connectivity index (χ1) is 11.7. The Hall–Kier alpha value is -1.75. The molecule has 5 nitrogen and oxygen atoms in total. The SMILES string of the molecule is Cc1ccccc1OCCNC(=O)N1CCN(C2CCCC2)CC1. The van der Waals surface area contributed by atoms with Crippen molar-refractivity contribution in [1.82, 2.24) is 15.1 Å². The second kappa shape index (κ2) is 8.38. The average molecular weight is 331 g/mol. The minimum Gasteiger partial charge on any atom is -0.491 e. The summed E-state index contributed by atoms with van der Waals surface area (Å²) < 4.78 is 5.72. The zero-order chi connectivity index (χ0) is 16.8. The van der Waals surface area contributed by atoms with Crippen molar-refractivity contribution in [2.24, 2.45) is 0 Å². The fraction of sp³-hybridized carbons (Fsp3) is 0.632. The molecule has 1 N–H and O–H groups in total. The molecular weight excluding hydrogens is 302 g/mol. The molecular formula is C19H29N3O2. The topological polar surface area (TPSA) is 44.8 Å². The quantitative estimate of drug-likeness (QED) is 0.844. The molecule has 0 spiro atoms. The summed E-state index contributed by atoms with van der Waals surface area (Å²) in [6.07, 6.45) is 5.41. The number of benzene rings is 1. The molecule has 1 saturated heterocycles. The van der Waals surface area contributed by atoms with Crippen molar-refractivity contribution in [2.45, 2.75) is 38.6 Å². The molecule has 24 heavy (non-hydrogen) atoms. The maximum Gasteiger partial charge on any atom is 0.317 e. The van der Waals surface area contributed by atoms with E-state index in [4.69, 9.17) is 4.74 Å². The van der Waals surface area contributed by atoms with Crippen LogP contribution in [0.5, 0.6) is 5.75 Å². The minimum atomic E-state index is 0.0365. The van der Waals surface area contributed by atoms with Gasteiger partial charge in [-0.05, 0) is 31.4 Å². The second-order valence-corrected chi connectivity index (χ2v) is 6.81. The first-order valence-corrected chi connectivity index (χ1v) is 9.19. The third-order valence-corrected chi connectivity index (χ3v) is 5.17. The molecule has 132 valence electrons. The first-order valence-electron chi connectivity index (χ1n) is 9.19. The van der Waals surface area contributed by atoms with Crippen LogP contribution in [0.1, 0.15) is 31.2 Å². The van der Waals surface area contributed by atoms with Crippen LogP contribution in [0.3, 0.4) is 0 Å². The summed E-state index contributed by atoms with van der Waals surface area (Å²) in [6, 6.07) is 8.74. The van der Waals surface area contributed by atoms with Crippen LogP contribution < -0.4 is 10.1 Å². The van der Waals surface area contributed by atoms with Gasteiger partial charge in [0.05, 0.1) is 6.54 Å². The van der Waals surface area contributed by atoms with E-state index < -0.39 is 0 Å². The lowest BCUT2D eigenvalue weighted by Crippen LogP contribution is -2.54. The second-order valence-electron chi connectivity index (χ2n) is 6.81. The minimum absolute atomic E-state index is 0.0365. The molecule has 1 aromatic carbocycles. The van der Waals surface area contributed by atoms with Gasteiger partial charge in [-0.15, -0.1) is 0 Å². The highest BCUT2D eigenvalue weighted by Gasteiger charge is 2.27. The molecule has 0 unspecified atom stereocenters. The molecule has 1 aliphatic heterocycles. The maximum atomic E-state index is 12.2. The molecule has 0 atom stereocenters. The number of nitrogens with one attached hydrogen (secondary N) is 1. The van der Waals surface area contributed by atoms with Gasteiger partial charge in [-0.3, -0.25) is 4.90 Å². The van der Waals surface area contributed by atoms with Crippen LogP contribution in [0.2, 0.25) is 0 Å². The van der Waals surface area contributed by atoms with Crippen molar-refractivity contribution in [3.05, 3.63) is 29.8 Å². The molecule has 1 heterocycles. The van der Waals surface area contributed by atoms with E-state index in [0.29, 0.717) is 13.2 Å². The van der Waals surface area contributed by atoms with Crippen molar-refractivity contribution >= 4 is 6.03 Å². The van der Waals surface area contributed by atoms with E-state index in [2.05, 4.69) is 10.2 Å². The van der Waals surface area contributed by atoms with Gasteiger partial charge in [0.15, 0.2) is 0 Å². The number of rotatable bonds is 5. The zero-order valence-corrected chi connectivity index (χ0v) is 14.7. The summed E-state index contributed by atoms with van der Waals surface area (Å²) in [7, 11) is 0. The third kappa shape index (κ3) is 4.41. The summed E-state index contributed by atoms with van der Waals surface area (Å²) in [5.41, 5.74) is 1.12. The fourth-order valence-electron chi connectivity index (χ4n) is 3.71. The maximum absolute atomic E-state index is 12.2. The smallest absolute Gasteiger partial charge is 0.317 e. The highest BCUT2D eigenvalue weighted by Crippen LogP contribution is 2.24. The highest BCUT2D eigenvalue weighted by atomic mass is 16.5. The van der Waals surface area contributed by atoms with Crippen LogP contribution in [-0.4, -0.2) is 61.2 Å². The Balaban J connectivity index is 1.33. The van der Waals surface area contributed by atoms with E-state index in [0.717, 1.165) is 43.5 Å². The van der Waals surface area contributed by atoms with Crippen molar-refractivity contribution in [3.63, 3.8) is 0 Å². The summed E-state index contributed by atoms with van der Waals surface area (Å²) in [6.45, 7) is 6.75. The van der Waals surface area contributed by atoms with E-state index in [1.165, 1.54) is 25.7 Å². The number of hydrogen-bond acceptors (Lipinski definition) is 3. The molecule has 0 bridgehead atoms. The Kier molecular flexibility index (Phi) is 5.96. The van der Waals surface area contributed by atoms with Crippen LogP contribution in [0.4, 0.5) is 4.79 Å². The van der Waals surface area contributed by atoms with Gasteiger partial charge in [-0.2, -0.15) is 0 Å². The number of urea groups is 1. The number of para-hydroxylation sites is 1. The van der Waals surface area contributed by atoms with Crippen LogP contribution in [-0.2, 0) is 0 Å². The summed E-state index contributed by atoms with van der Waals surface area (Å²) in [5.74, 6) is 0.886. The van der Waals surface area contributed by atoms with Crippen LogP contribution in [0, 0.1) is 6.92 Å². The predicted molar refractivity (Wildman–Crippen MR) is 95.5 cm³/mol. The van der Waals surface area contributed by atoms with Gasteiger partial charge in [0, 0.05) is 32.2 Å². The van der Waals surface area contributed by atoms with Crippen molar-refractivity contribution < 1.29 is 9.53 Å². The number of nitrogens with zero attached hydrogens (tertiary/aromatic N) is 2. The van der Waals surface area contributed by atoms with Gasteiger partial charge in [0.1, 0.15) is 12.4 Å². The highest BCUT2D eigenvalue weighted by molar-refractivity contribution is 5.74. The van der Waals surface area contributed by atoms with E-state index >= 15 is 0 Å². The number of carbonyl (C=O) groups excluding carboxylic acids is 1. The van der Waals surface area contributed by atoms with Gasteiger partial charge in [0.25, 0.3) is 0 Å². The molecule has 2 aliphatic rings. The molecule has 0 radical (unpaired) electrons. The Bertz CT molecular complexity index is 535. The number of ether oxygens (including phenoxy) is 1. The number of hydrogen-bond donors (Lipinski definition) is 1. The molecule has 5 heteroatoms. The van der Waals surface area contributed by atoms with Crippen molar-refractivity contribution in [2.75, 3.05) is 39.3 Å². The fourth-order valence-corrected chi connectivity index (χ4v) is 3.71. The van der Waals surface area contributed by atoms with Crippen LogP contribution >= 0.6 is 0 Å². The van der Waals surface area contributed by atoms with E-state index in [1.54, 1.807) is 0 Å². The van der Waals surface area contributed by atoms with Gasteiger partial charge in [-0.25, -0.2) is 4.79 Å². The summed E-state index contributed by atoms with van der Waals surface area (Å²) >= 11 is 0. The number of piperazine rings is 1. The van der Waals surface area contributed by atoms with Gasteiger partial charge in [-0.1, -0.05) is 31.0 Å². The standard InChI is InChI=1S/C19H29N3O2/c1-16-6-2-5-9-18(16)24-15-10-20-19(23)22-13-11-21(12-14-22)17-7-3-4-8-17/h2,5-6,9,17H,3-4,7-8,10-15H2,1H3,(H,20,23). The number of carbonyl (C=O) groups is 1. The Morgan fingerprint density at radius 2 is 1.88 bits per heavy atom. The van der Waals surface area contributed by atoms with Gasteiger partial charge >= 0.3 is 6.03 Å². The van der Waals surface area contributed by atoms with Crippen LogP contribution in [0.25, 0.3) is 0 Å². The van der Waals surface area contributed by atoms with Gasteiger partial charge < -0.3 is 15.0 Å². The largest absolute Gasteiger partial charge is 0.491 e. The molecule has 1 aliphatic carbocycles. The lowest BCUT2D eigenvalue weighted by atomic mass is 10.2. The van der Waals surface area contributed by atoms with Crippen molar-refractivity contribution in [1.29, 1.82) is 0 Å². The van der Waals surface area contributed by atoms with E-state index in [-0.39, 0.29) is 6.03 Å². The molecule has 1 saturated carbocycles. The zero-order valence-electron chi connectivity index (χ0n) is 14.7. The molecule has 1 aromatic rings. The first kappa shape index (κ1) is 17.1. The van der Waals surface area contributed by atoms with Gasteiger partial charge in [0.2, 0.25) is 0 Å². The lowest BCUT2D eigenvalue weighted by Gasteiger charge is -2.38. The third-order valence-electron chi connectivity index (χ3n) is 5.17. The molecule has 2 amide bonds. The summed E-state index contributed by atoms with van der Waals surface area (Å²) in [5, 5.41) is 2.97. The monoisotopic (exact) mass is 331 g/mol. The van der Waals surface area contributed by atoms with E-state index in [1.807, 2.05) is 36.1 Å². The Morgan fingerprint density at radius 1 is 1.17 bits per heavy atom. The normalized spacial score (nSPS) is 19.5. The predicted octanol–water partition coefficient (Wildman–Crippen LogP) is 2.64. The van der Waals surface area contributed by atoms with Crippen LogP contribution in [0.15, 0.2) is 24.3 Å². The Labute approximate surface area is 145 Å². The van der Waals surface area contributed by atoms with E-state index in [9.17, 15) is 4.79 Å². The molecule has 0 aromatic heterocycles. The summed E-state index contributed by atoms with van der Waals surface area (Å²) in [4.78, 5) is 16.7.